The summed E-state index contributed by atoms with van der Waals surface area (Å²) in [7, 11) is 0. The Labute approximate surface area is 372 Å². The number of phenols is 4. The van der Waals surface area contributed by atoms with E-state index in [1.807, 2.05) is 0 Å². The fourth-order valence-corrected chi connectivity index (χ4v) is 7.33. The molecule has 0 bridgehead atoms. The van der Waals surface area contributed by atoms with Gasteiger partial charge in [0.25, 0.3) is 0 Å². The van der Waals surface area contributed by atoms with Crippen LogP contribution < -0.4 is 14.2 Å². The van der Waals surface area contributed by atoms with Crippen LogP contribution in [0.4, 0.5) is 0 Å². The van der Waals surface area contributed by atoms with Crippen LogP contribution in [0.25, 0.3) is 12.2 Å². The molecule has 16 atom stereocenters. The van der Waals surface area contributed by atoms with Gasteiger partial charge in [-0.25, -0.2) is 4.79 Å². The molecule has 0 aliphatic carbocycles. The normalized spacial score (nSPS) is 34.4. The van der Waals surface area contributed by atoms with Crippen LogP contribution in [-0.2, 0) is 28.5 Å². The van der Waals surface area contributed by atoms with Crippen molar-refractivity contribution in [3.05, 3.63) is 77.1 Å². The van der Waals surface area contributed by atoms with Crippen molar-refractivity contribution in [2.45, 2.75) is 98.2 Å². The van der Waals surface area contributed by atoms with Gasteiger partial charge >= 0.3 is 5.97 Å². The lowest BCUT2D eigenvalue weighted by molar-refractivity contribution is -0.294. The van der Waals surface area contributed by atoms with Crippen molar-refractivity contribution in [2.24, 2.45) is 0 Å². The minimum absolute atomic E-state index is 0.0247. The first kappa shape index (κ1) is 48.4. The molecule has 3 aromatic carbocycles. The molecule has 0 radical (unpaired) electrons. The Morgan fingerprint density at radius 3 is 1.71 bits per heavy atom. The van der Waals surface area contributed by atoms with Crippen molar-refractivity contribution in [1.29, 1.82) is 0 Å². The van der Waals surface area contributed by atoms with E-state index in [-0.39, 0.29) is 39.7 Å². The summed E-state index contributed by atoms with van der Waals surface area (Å²) >= 11 is 0. The highest BCUT2D eigenvalue weighted by molar-refractivity contribution is 5.87. The standard InChI is InChI=1S/C42H48O24/c43-12-26-30(50)33(53)36(56)40(64-26)61-23-10-17(45)9-22-18(23)11-25(39(60-22)16-3-5-19(46)21(48)8-16)63-42-38(58)35(55)32(52)28(66-42)14-59-29(49)6-2-15-1-4-20(47)24(7-15)62-41-37(57)34(54)31(51)27(13-44)65-41/h1-11,26-28,30-48,50-58H,12-14H2. The molecule has 4 aliphatic rings. The molecule has 360 valence electrons. The largest absolute Gasteiger partial charge is 0.508 e. The molecular weight excluding hydrogens is 888 g/mol. The second-order valence-corrected chi connectivity index (χ2v) is 15.6. The number of esters is 1. The molecule has 3 saturated heterocycles. The highest BCUT2D eigenvalue weighted by Crippen LogP contribution is 2.46. The zero-order valence-corrected chi connectivity index (χ0v) is 34.1. The van der Waals surface area contributed by atoms with Gasteiger partial charge in [0.1, 0.15) is 103 Å². The zero-order chi connectivity index (χ0) is 47.7. The number of fused-ring (bicyclic) bond motifs is 1. The van der Waals surface area contributed by atoms with Crippen LogP contribution in [0.3, 0.4) is 0 Å². The van der Waals surface area contributed by atoms with Gasteiger partial charge in [-0.1, -0.05) is 12.1 Å². The molecule has 24 nitrogen and oxygen atoms in total. The Balaban J connectivity index is 1.08. The Kier molecular flexibility index (Phi) is 14.8. The van der Waals surface area contributed by atoms with Crippen LogP contribution in [-0.4, -0.2) is 195 Å². The molecule has 0 spiro atoms. The van der Waals surface area contributed by atoms with E-state index in [1.165, 1.54) is 36.4 Å². The van der Waals surface area contributed by atoms with Crippen molar-refractivity contribution in [3.63, 3.8) is 0 Å². The van der Waals surface area contributed by atoms with E-state index in [0.29, 0.717) is 0 Å². The molecule has 3 fully saturated rings. The molecule has 7 rings (SSSR count). The van der Waals surface area contributed by atoms with Crippen molar-refractivity contribution in [2.75, 3.05) is 19.8 Å². The average molecular weight is 937 g/mol. The fraction of sp³-hybridized carbons (Fsp3) is 0.452. The second kappa shape index (κ2) is 20.1. The number of aliphatic hydroxyl groups is 11. The van der Waals surface area contributed by atoms with Gasteiger partial charge in [0.05, 0.1) is 18.8 Å². The summed E-state index contributed by atoms with van der Waals surface area (Å²) in [6.45, 7) is -2.24. The van der Waals surface area contributed by atoms with Crippen molar-refractivity contribution < 1.29 is 119 Å². The number of rotatable bonds is 13. The van der Waals surface area contributed by atoms with Gasteiger partial charge in [0.15, 0.2) is 29.1 Å². The average Bonchev–Trinajstić information content (AvgIpc) is 3.29. The van der Waals surface area contributed by atoms with Crippen LogP contribution in [0.1, 0.15) is 22.8 Å². The van der Waals surface area contributed by atoms with Crippen LogP contribution in [0.15, 0.2) is 60.4 Å². The number of benzene rings is 3. The molecule has 24 heteroatoms. The van der Waals surface area contributed by atoms with Crippen molar-refractivity contribution in [1.82, 2.24) is 0 Å². The number of ether oxygens (including phenoxy) is 8. The Hall–Kier alpha value is -5.55. The van der Waals surface area contributed by atoms with Crippen LogP contribution in [0, 0.1) is 0 Å². The number of aliphatic hydroxyl groups excluding tert-OH is 11. The van der Waals surface area contributed by atoms with Gasteiger partial charge in [-0.2, -0.15) is 0 Å². The maximum atomic E-state index is 12.9. The Morgan fingerprint density at radius 1 is 0.576 bits per heavy atom. The van der Waals surface area contributed by atoms with Crippen LogP contribution in [0.5, 0.6) is 40.2 Å². The third kappa shape index (κ3) is 10.1. The smallest absolute Gasteiger partial charge is 0.330 e. The fourth-order valence-electron chi connectivity index (χ4n) is 7.33. The molecule has 16 unspecified atom stereocenters. The van der Waals surface area contributed by atoms with Crippen LogP contribution in [0.2, 0.25) is 0 Å². The van der Waals surface area contributed by atoms with E-state index < -0.39 is 147 Å². The summed E-state index contributed by atoms with van der Waals surface area (Å²) in [5.74, 6) is -3.91. The van der Waals surface area contributed by atoms with Gasteiger partial charge < -0.3 is 114 Å². The Morgan fingerprint density at radius 2 is 1.12 bits per heavy atom. The summed E-state index contributed by atoms with van der Waals surface area (Å²) in [6, 6.07) is 9.52. The molecule has 0 saturated carbocycles. The van der Waals surface area contributed by atoms with Gasteiger partial charge in [0.2, 0.25) is 18.9 Å². The van der Waals surface area contributed by atoms with E-state index in [2.05, 4.69) is 0 Å². The van der Waals surface area contributed by atoms with Gasteiger partial charge in [-0.3, -0.25) is 0 Å². The lowest BCUT2D eigenvalue weighted by atomic mass is 9.98. The summed E-state index contributed by atoms with van der Waals surface area (Å²) < 4.78 is 45.3. The minimum Gasteiger partial charge on any atom is -0.508 e. The quantitative estimate of drug-likeness (QED) is 0.0448. The predicted octanol–water partition coefficient (Wildman–Crippen LogP) is -3.58. The molecule has 4 aliphatic heterocycles. The highest BCUT2D eigenvalue weighted by Gasteiger charge is 2.48. The number of carbonyl (C=O) groups excluding carboxylic acids is 1. The predicted molar refractivity (Wildman–Crippen MR) is 214 cm³/mol. The maximum absolute atomic E-state index is 12.9. The number of aromatic hydroxyl groups is 4. The summed E-state index contributed by atoms with van der Waals surface area (Å²) in [6.07, 6.45) is -23.8. The zero-order valence-electron chi connectivity index (χ0n) is 34.1. The molecule has 0 aromatic heterocycles. The number of carbonyl (C=O) groups is 1. The van der Waals surface area contributed by atoms with E-state index >= 15 is 0 Å². The first-order chi connectivity index (χ1) is 31.4. The van der Waals surface area contributed by atoms with Gasteiger partial charge in [-0.05, 0) is 42.0 Å². The second-order valence-electron chi connectivity index (χ2n) is 15.6. The third-order valence-corrected chi connectivity index (χ3v) is 11.1. The lowest BCUT2D eigenvalue weighted by Gasteiger charge is -2.41. The van der Waals surface area contributed by atoms with Crippen LogP contribution >= 0.6 is 0 Å². The SMILES string of the molecule is O=C(C=Cc1ccc(O)c(OC2OC(CO)C(O)C(O)C2O)c1)OCC1OC(OC2=Cc3c(cc(O)cc3OC3OC(CO)C(O)C(O)C3O)OC2c2ccc(O)c(O)c2)C(O)C(O)C1O. The topological polar surface area (TPSA) is 394 Å². The summed E-state index contributed by atoms with van der Waals surface area (Å²) in [4.78, 5) is 12.9. The Bertz CT molecular complexity index is 2250. The third-order valence-electron chi connectivity index (χ3n) is 11.1. The van der Waals surface area contributed by atoms with E-state index in [0.717, 1.165) is 30.3 Å². The van der Waals surface area contributed by atoms with Gasteiger partial charge in [0, 0.05) is 23.8 Å². The number of hydrogen-bond donors (Lipinski definition) is 15. The van der Waals surface area contributed by atoms with E-state index in [1.54, 1.807) is 0 Å². The molecular formula is C42H48O24. The monoisotopic (exact) mass is 936 g/mol. The molecule has 3 aromatic rings. The maximum Gasteiger partial charge on any atom is 0.330 e. The van der Waals surface area contributed by atoms with E-state index in [9.17, 15) is 81.4 Å². The van der Waals surface area contributed by atoms with Gasteiger partial charge in [-0.15, -0.1) is 0 Å². The highest BCUT2D eigenvalue weighted by atomic mass is 16.7. The molecule has 4 heterocycles. The number of phenolic OH excluding ortho intramolecular Hbond substituents is 4. The first-order valence-corrected chi connectivity index (χ1v) is 20.1. The van der Waals surface area contributed by atoms with Crippen molar-refractivity contribution >= 4 is 18.1 Å². The molecule has 15 N–H and O–H groups in total. The number of hydrogen-bond acceptors (Lipinski definition) is 24. The lowest BCUT2D eigenvalue weighted by Crippen LogP contribution is -2.60. The molecule has 66 heavy (non-hydrogen) atoms. The minimum atomic E-state index is -1.98. The van der Waals surface area contributed by atoms with Crippen molar-refractivity contribution in [3.8, 4) is 40.2 Å². The summed E-state index contributed by atoms with van der Waals surface area (Å²) in [5, 5.41) is 155. The summed E-state index contributed by atoms with van der Waals surface area (Å²) in [5.41, 5.74) is 0.318. The molecule has 0 amide bonds. The first-order valence-electron chi connectivity index (χ1n) is 20.1. The van der Waals surface area contributed by atoms with E-state index in [4.69, 9.17) is 37.9 Å².